The first-order chi connectivity index (χ1) is 14.2. The van der Waals surface area contributed by atoms with E-state index in [1.54, 1.807) is 7.11 Å². The van der Waals surface area contributed by atoms with E-state index < -0.39 is 0 Å². The van der Waals surface area contributed by atoms with Gasteiger partial charge in [0.05, 0.1) is 12.8 Å². The van der Waals surface area contributed by atoms with Crippen LogP contribution in [0.3, 0.4) is 0 Å². The second kappa shape index (κ2) is 9.31. The Labute approximate surface area is 173 Å². The largest absolute Gasteiger partial charge is 0.495 e. The molecule has 0 radical (unpaired) electrons. The Bertz CT molecular complexity index is 824. The van der Waals surface area contributed by atoms with E-state index in [4.69, 9.17) is 4.74 Å². The molecular weight excluding hydrogens is 362 g/mol. The molecule has 154 valence electrons. The summed E-state index contributed by atoms with van der Waals surface area (Å²) in [5, 5.41) is 0. The van der Waals surface area contributed by atoms with Crippen LogP contribution in [0.5, 0.6) is 5.75 Å². The first-order valence-electron chi connectivity index (χ1n) is 10.7. The van der Waals surface area contributed by atoms with Crippen molar-refractivity contribution in [2.75, 3.05) is 51.3 Å². The van der Waals surface area contributed by atoms with Gasteiger partial charge in [0.15, 0.2) is 0 Å². The van der Waals surface area contributed by atoms with Crippen LogP contribution in [0.2, 0.25) is 0 Å². The molecule has 2 aromatic rings. The fourth-order valence-electron chi connectivity index (χ4n) is 4.38. The quantitative estimate of drug-likeness (QED) is 0.777. The topological polar surface area (TPSA) is 36.0 Å². The molecule has 2 saturated heterocycles. The van der Waals surface area contributed by atoms with Crippen molar-refractivity contribution in [3.8, 4) is 5.75 Å². The smallest absolute Gasteiger partial charge is 0.253 e. The number of rotatable bonds is 5. The molecule has 29 heavy (non-hydrogen) atoms. The fourth-order valence-corrected chi connectivity index (χ4v) is 4.38. The predicted octanol–water partition coefficient (Wildman–Crippen LogP) is 3.64. The molecule has 0 aliphatic carbocycles. The molecule has 5 nitrogen and oxygen atoms in total. The zero-order chi connectivity index (χ0) is 20.1. The van der Waals surface area contributed by atoms with Crippen LogP contribution < -0.4 is 9.64 Å². The summed E-state index contributed by atoms with van der Waals surface area (Å²) in [6.45, 7) is 6.65. The minimum atomic E-state index is 0.188. The van der Waals surface area contributed by atoms with Gasteiger partial charge in [-0.3, -0.25) is 9.69 Å². The first-order valence-corrected chi connectivity index (χ1v) is 10.7. The van der Waals surface area contributed by atoms with Crippen molar-refractivity contribution in [3.63, 3.8) is 0 Å². The number of anilines is 1. The van der Waals surface area contributed by atoms with E-state index in [9.17, 15) is 4.79 Å². The lowest BCUT2D eigenvalue weighted by Crippen LogP contribution is -2.46. The van der Waals surface area contributed by atoms with Crippen molar-refractivity contribution in [1.29, 1.82) is 0 Å². The summed E-state index contributed by atoms with van der Waals surface area (Å²) in [5.74, 6) is 1.12. The van der Waals surface area contributed by atoms with E-state index in [-0.39, 0.29) is 5.91 Å². The summed E-state index contributed by atoms with van der Waals surface area (Å²) in [5.41, 5.74) is 3.22. The molecular formula is C24H31N3O2. The van der Waals surface area contributed by atoms with Gasteiger partial charge in [0.25, 0.3) is 5.91 Å². The van der Waals surface area contributed by atoms with Crippen molar-refractivity contribution < 1.29 is 9.53 Å². The van der Waals surface area contributed by atoms with Gasteiger partial charge in [-0.25, -0.2) is 0 Å². The van der Waals surface area contributed by atoms with Gasteiger partial charge in [0.1, 0.15) is 5.75 Å². The molecule has 4 rings (SSSR count). The summed E-state index contributed by atoms with van der Waals surface area (Å²) < 4.78 is 5.52. The summed E-state index contributed by atoms with van der Waals surface area (Å²) in [7, 11) is 1.73. The van der Waals surface area contributed by atoms with Gasteiger partial charge >= 0.3 is 0 Å². The van der Waals surface area contributed by atoms with E-state index in [1.807, 2.05) is 29.2 Å². The molecule has 2 aliphatic rings. The van der Waals surface area contributed by atoms with E-state index >= 15 is 0 Å². The van der Waals surface area contributed by atoms with Crippen molar-refractivity contribution in [3.05, 3.63) is 59.7 Å². The summed E-state index contributed by atoms with van der Waals surface area (Å²) in [6, 6.07) is 16.4. The van der Waals surface area contributed by atoms with E-state index in [0.717, 1.165) is 70.0 Å². The molecule has 5 heteroatoms. The summed E-state index contributed by atoms with van der Waals surface area (Å²) >= 11 is 0. The Balaban J connectivity index is 1.35. The Morgan fingerprint density at radius 1 is 0.897 bits per heavy atom. The number of carbonyl (C=O) groups excluding carboxylic acids is 1. The van der Waals surface area contributed by atoms with Crippen LogP contribution in [0.1, 0.15) is 35.2 Å². The monoisotopic (exact) mass is 393 g/mol. The van der Waals surface area contributed by atoms with Gasteiger partial charge in [-0.15, -0.1) is 0 Å². The van der Waals surface area contributed by atoms with Gasteiger partial charge in [0, 0.05) is 51.4 Å². The lowest BCUT2D eigenvalue weighted by Gasteiger charge is -2.36. The third kappa shape index (κ3) is 4.73. The fraction of sp³-hybridized carbons (Fsp3) is 0.458. The zero-order valence-electron chi connectivity index (χ0n) is 17.3. The SMILES string of the molecule is COc1ccccc1N1CCN(Cc2cccc(C(=O)N3CCCCC3)c2)CC1. The van der Waals surface area contributed by atoms with Crippen LogP contribution >= 0.6 is 0 Å². The summed E-state index contributed by atoms with van der Waals surface area (Å²) in [6.07, 6.45) is 3.49. The molecule has 1 amide bonds. The number of ether oxygens (including phenoxy) is 1. The number of piperidine rings is 1. The zero-order valence-corrected chi connectivity index (χ0v) is 17.3. The third-order valence-corrected chi connectivity index (χ3v) is 6.02. The Morgan fingerprint density at radius 3 is 2.41 bits per heavy atom. The maximum absolute atomic E-state index is 12.8. The number of piperazine rings is 1. The summed E-state index contributed by atoms with van der Waals surface area (Å²) in [4.78, 5) is 19.7. The molecule has 0 spiro atoms. The molecule has 0 saturated carbocycles. The molecule has 2 fully saturated rings. The second-order valence-electron chi connectivity index (χ2n) is 7.99. The highest BCUT2D eigenvalue weighted by Crippen LogP contribution is 2.28. The predicted molar refractivity (Wildman–Crippen MR) is 117 cm³/mol. The van der Waals surface area contributed by atoms with Crippen molar-refractivity contribution >= 4 is 11.6 Å². The highest BCUT2D eigenvalue weighted by Gasteiger charge is 2.21. The number of likely N-dealkylation sites (tertiary alicyclic amines) is 1. The lowest BCUT2D eigenvalue weighted by atomic mass is 10.1. The van der Waals surface area contributed by atoms with Crippen molar-refractivity contribution in [2.24, 2.45) is 0 Å². The second-order valence-corrected chi connectivity index (χ2v) is 7.99. The highest BCUT2D eigenvalue weighted by atomic mass is 16.5. The van der Waals surface area contributed by atoms with Crippen LogP contribution in [0.25, 0.3) is 0 Å². The number of hydrogen-bond acceptors (Lipinski definition) is 4. The van der Waals surface area contributed by atoms with E-state index in [2.05, 4.69) is 34.1 Å². The molecule has 0 aromatic heterocycles. The Hall–Kier alpha value is -2.53. The first kappa shape index (κ1) is 19.8. The van der Waals surface area contributed by atoms with Crippen LogP contribution in [0, 0.1) is 0 Å². The average Bonchev–Trinajstić information content (AvgIpc) is 2.80. The average molecular weight is 394 g/mol. The van der Waals surface area contributed by atoms with Crippen LogP contribution in [-0.2, 0) is 6.54 Å². The number of benzene rings is 2. The Morgan fingerprint density at radius 2 is 1.66 bits per heavy atom. The van der Waals surface area contributed by atoms with E-state index in [1.165, 1.54) is 17.7 Å². The lowest BCUT2D eigenvalue weighted by molar-refractivity contribution is 0.0724. The van der Waals surface area contributed by atoms with Crippen molar-refractivity contribution in [2.45, 2.75) is 25.8 Å². The van der Waals surface area contributed by atoms with Crippen LogP contribution in [-0.4, -0.2) is 62.1 Å². The molecule has 2 heterocycles. The van der Waals surface area contributed by atoms with Gasteiger partial charge in [0.2, 0.25) is 0 Å². The third-order valence-electron chi connectivity index (χ3n) is 6.02. The molecule has 0 unspecified atom stereocenters. The number of methoxy groups -OCH3 is 1. The van der Waals surface area contributed by atoms with Gasteiger partial charge in [-0.2, -0.15) is 0 Å². The molecule has 0 bridgehead atoms. The number of carbonyl (C=O) groups is 1. The Kier molecular flexibility index (Phi) is 6.35. The van der Waals surface area contributed by atoms with Crippen molar-refractivity contribution in [1.82, 2.24) is 9.80 Å². The molecule has 0 atom stereocenters. The van der Waals surface area contributed by atoms with E-state index in [0.29, 0.717) is 0 Å². The number of amides is 1. The van der Waals surface area contributed by atoms with Gasteiger partial charge in [-0.1, -0.05) is 24.3 Å². The van der Waals surface area contributed by atoms with Gasteiger partial charge < -0.3 is 14.5 Å². The molecule has 0 N–H and O–H groups in total. The molecule has 2 aromatic carbocycles. The number of nitrogens with zero attached hydrogens (tertiary/aromatic N) is 3. The maximum atomic E-state index is 12.8. The normalized spacial score (nSPS) is 18.0. The van der Waals surface area contributed by atoms with Gasteiger partial charge in [-0.05, 0) is 49.1 Å². The highest BCUT2D eigenvalue weighted by molar-refractivity contribution is 5.94. The minimum absolute atomic E-state index is 0.188. The van der Waals surface area contributed by atoms with Crippen LogP contribution in [0.4, 0.5) is 5.69 Å². The number of hydrogen-bond donors (Lipinski definition) is 0. The minimum Gasteiger partial charge on any atom is -0.495 e. The molecule has 2 aliphatic heterocycles. The maximum Gasteiger partial charge on any atom is 0.253 e. The van der Waals surface area contributed by atoms with Crippen LogP contribution in [0.15, 0.2) is 48.5 Å². The standard InChI is InChI=1S/C24H31N3O2/c1-29-23-11-4-3-10-22(23)26-16-14-25(15-17-26)19-20-8-7-9-21(18-20)24(28)27-12-5-2-6-13-27/h3-4,7-11,18H,2,5-6,12-17,19H2,1H3. The number of para-hydroxylation sites is 2.